The van der Waals surface area contributed by atoms with Crippen LogP contribution < -0.4 is 11.3 Å². The van der Waals surface area contributed by atoms with E-state index >= 15 is 0 Å². The summed E-state index contributed by atoms with van der Waals surface area (Å²) in [6, 6.07) is 0.263. The minimum Gasteiger partial charge on any atom is -0.374 e. The van der Waals surface area contributed by atoms with Crippen molar-refractivity contribution in [3.63, 3.8) is 0 Å². The highest BCUT2D eigenvalue weighted by Gasteiger charge is 2.15. The zero-order chi connectivity index (χ0) is 10.5. The number of nitrogens with two attached hydrogens (primary N) is 1. The second kappa shape index (κ2) is 5.58. The molecule has 0 radical (unpaired) electrons. The van der Waals surface area contributed by atoms with Crippen LogP contribution >= 0.6 is 0 Å². The molecular weight excluding hydrogens is 164 g/mol. The molecule has 0 saturated carbocycles. The van der Waals surface area contributed by atoms with E-state index in [1.807, 2.05) is 0 Å². The molecule has 0 aromatic rings. The number of hydrogen-bond acceptors (Lipinski definition) is 3. The molecule has 0 aliphatic heterocycles. The fraction of sp³-hybridized carbons (Fsp3) is 1.00. The third-order valence-electron chi connectivity index (χ3n) is 1.71. The summed E-state index contributed by atoms with van der Waals surface area (Å²) >= 11 is 0. The lowest BCUT2D eigenvalue weighted by Crippen LogP contribution is -2.41. The van der Waals surface area contributed by atoms with Gasteiger partial charge in [-0.15, -0.1) is 0 Å². The van der Waals surface area contributed by atoms with Crippen LogP contribution in [0.3, 0.4) is 0 Å². The van der Waals surface area contributed by atoms with Gasteiger partial charge in [-0.25, -0.2) is 0 Å². The van der Waals surface area contributed by atoms with Gasteiger partial charge >= 0.3 is 0 Å². The Morgan fingerprint density at radius 1 is 1.31 bits per heavy atom. The van der Waals surface area contributed by atoms with Crippen LogP contribution in [0.25, 0.3) is 0 Å². The van der Waals surface area contributed by atoms with Gasteiger partial charge in [0, 0.05) is 6.04 Å². The number of hydrazine groups is 1. The van der Waals surface area contributed by atoms with E-state index in [4.69, 9.17) is 10.6 Å². The number of rotatable bonds is 5. The van der Waals surface area contributed by atoms with Crippen molar-refractivity contribution in [3.05, 3.63) is 0 Å². The molecule has 0 aromatic carbocycles. The molecule has 80 valence electrons. The van der Waals surface area contributed by atoms with Gasteiger partial charge in [-0.1, -0.05) is 13.8 Å². The normalized spacial score (nSPS) is 15.0. The predicted molar refractivity (Wildman–Crippen MR) is 56.3 cm³/mol. The van der Waals surface area contributed by atoms with Crippen molar-refractivity contribution < 1.29 is 4.74 Å². The minimum absolute atomic E-state index is 0.0773. The molecular formula is C10H24N2O. The van der Waals surface area contributed by atoms with E-state index in [2.05, 4.69) is 40.0 Å². The summed E-state index contributed by atoms with van der Waals surface area (Å²) in [5.41, 5.74) is 2.70. The molecule has 3 heteroatoms. The monoisotopic (exact) mass is 188 g/mol. The van der Waals surface area contributed by atoms with Crippen LogP contribution in [-0.4, -0.2) is 18.2 Å². The van der Waals surface area contributed by atoms with Crippen LogP contribution in [0.15, 0.2) is 0 Å². The van der Waals surface area contributed by atoms with Crippen LogP contribution in [-0.2, 0) is 4.74 Å². The summed E-state index contributed by atoms with van der Waals surface area (Å²) in [6.07, 6.45) is 1.05. The Kier molecular flexibility index (Phi) is 5.53. The molecule has 0 aliphatic carbocycles. The Labute approximate surface area is 82.0 Å². The van der Waals surface area contributed by atoms with E-state index in [0.29, 0.717) is 12.5 Å². The maximum Gasteiger partial charge on any atom is 0.0640 e. The fourth-order valence-electron chi connectivity index (χ4n) is 1.10. The quantitative estimate of drug-likeness (QED) is 0.510. The van der Waals surface area contributed by atoms with Gasteiger partial charge in [0.15, 0.2) is 0 Å². The molecule has 0 heterocycles. The van der Waals surface area contributed by atoms with E-state index < -0.39 is 0 Å². The highest BCUT2D eigenvalue weighted by Crippen LogP contribution is 2.10. The Balaban J connectivity index is 3.72. The summed E-state index contributed by atoms with van der Waals surface area (Å²) in [4.78, 5) is 0. The lowest BCUT2D eigenvalue weighted by Gasteiger charge is -2.24. The van der Waals surface area contributed by atoms with E-state index in [1.165, 1.54) is 0 Å². The van der Waals surface area contributed by atoms with E-state index in [9.17, 15) is 0 Å². The summed E-state index contributed by atoms with van der Waals surface area (Å²) in [5, 5.41) is 0. The average molecular weight is 188 g/mol. The first-order valence-corrected chi connectivity index (χ1v) is 4.95. The highest BCUT2D eigenvalue weighted by molar-refractivity contribution is 4.67. The molecule has 1 unspecified atom stereocenters. The molecule has 1 atom stereocenters. The van der Waals surface area contributed by atoms with Gasteiger partial charge in [0.25, 0.3) is 0 Å². The molecule has 0 aromatic heterocycles. The lowest BCUT2D eigenvalue weighted by molar-refractivity contribution is -0.0168. The molecule has 0 rings (SSSR count). The minimum atomic E-state index is -0.0773. The SMILES string of the molecule is CC(C)CC(COC(C)(C)C)NN. The largest absolute Gasteiger partial charge is 0.374 e. The van der Waals surface area contributed by atoms with Gasteiger partial charge < -0.3 is 4.74 Å². The predicted octanol–water partition coefficient (Wildman–Crippen LogP) is 1.68. The van der Waals surface area contributed by atoms with Crippen LogP contribution in [0.4, 0.5) is 0 Å². The van der Waals surface area contributed by atoms with E-state index in [1.54, 1.807) is 0 Å². The third kappa shape index (κ3) is 8.22. The molecule has 0 bridgehead atoms. The molecule has 3 nitrogen and oxygen atoms in total. The van der Waals surface area contributed by atoms with Crippen molar-refractivity contribution in [2.75, 3.05) is 6.61 Å². The first kappa shape index (κ1) is 12.9. The highest BCUT2D eigenvalue weighted by atomic mass is 16.5. The summed E-state index contributed by atoms with van der Waals surface area (Å²) in [7, 11) is 0. The lowest BCUT2D eigenvalue weighted by atomic mass is 10.0. The van der Waals surface area contributed by atoms with Gasteiger partial charge in [0.05, 0.1) is 12.2 Å². The van der Waals surface area contributed by atoms with Gasteiger partial charge in [0.1, 0.15) is 0 Å². The topological polar surface area (TPSA) is 47.3 Å². The molecule has 0 spiro atoms. The molecule has 0 fully saturated rings. The third-order valence-corrected chi connectivity index (χ3v) is 1.71. The molecule has 13 heavy (non-hydrogen) atoms. The Bertz CT molecular complexity index is 129. The first-order valence-electron chi connectivity index (χ1n) is 4.95. The molecule has 0 saturated heterocycles. The maximum absolute atomic E-state index is 5.64. The standard InChI is InChI=1S/C10H24N2O/c1-8(2)6-9(12-11)7-13-10(3,4)5/h8-9,12H,6-7,11H2,1-5H3. The zero-order valence-corrected chi connectivity index (χ0v) is 9.55. The Morgan fingerprint density at radius 2 is 1.85 bits per heavy atom. The van der Waals surface area contributed by atoms with Crippen molar-refractivity contribution in [3.8, 4) is 0 Å². The Hall–Kier alpha value is -0.120. The number of ether oxygens (including phenoxy) is 1. The van der Waals surface area contributed by atoms with Crippen molar-refractivity contribution in [2.24, 2.45) is 11.8 Å². The molecule has 0 aliphatic rings. The van der Waals surface area contributed by atoms with Gasteiger partial charge in [-0.2, -0.15) is 0 Å². The van der Waals surface area contributed by atoms with Crippen molar-refractivity contribution in [2.45, 2.75) is 52.7 Å². The van der Waals surface area contributed by atoms with E-state index in [0.717, 1.165) is 6.42 Å². The summed E-state index contributed by atoms with van der Waals surface area (Å²) in [6.45, 7) is 11.2. The van der Waals surface area contributed by atoms with Crippen molar-refractivity contribution in [1.29, 1.82) is 0 Å². The van der Waals surface area contributed by atoms with Gasteiger partial charge in [-0.3, -0.25) is 11.3 Å². The average Bonchev–Trinajstić information content (AvgIpc) is 1.95. The zero-order valence-electron chi connectivity index (χ0n) is 9.55. The fourth-order valence-corrected chi connectivity index (χ4v) is 1.10. The van der Waals surface area contributed by atoms with Crippen LogP contribution in [0.2, 0.25) is 0 Å². The summed E-state index contributed by atoms with van der Waals surface area (Å²) in [5.74, 6) is 6.06. The van der Waals surface area contributed by atoms with Gasteiger partial charge in [-0.05, 0) is 33.1 Å². The second-order valence-electron chi connectivity index (χ2n) is 4.92. The van der Waals surface area contributed by atoms with Gasteiger partial charge in [0.2, 0.25) is 0 Å². The van der Waals surface area contributed by atoms with Crippen LogP contribution in [0, 0.1) is 5.92 Å². The smallest absolute Gasteiger partial charge is 0.0640 e. The first-order chi connectivity index (χ1) is 5.85. The van der Waals surface area contributed by atoms with Crippen molar-refractivity contribution in [1.82, 2.24) is 5.43 Å². The Morgan fingerprint density at radius 3 is 2.15 bits per heavy atom. The van der Waals surface area contributed by atoms with Crippen LogP contribution in [0.1, 0.15) is 41.0 Å². The van der Waals surface area contributed by atoms with Crippen molar-refractivity contribution >= 4 is 0 Å². The number of nitrogens with one attached hydrogen (secondary N) is 1. The van der Waals surface area contributed by atoms with Crippen LogP contribution in [0.5, 0.6) is 0 Å². The van der Waals surface area contributed by atoms with E-state index in [-0.39, 0.29) is 11.6 Å². The maximum atomic E-state index is 5.64. The molecule has 3 N–H and O–H groups in total. The summed E-state index contributed by atoms with van der Waals surface area (Å²) < 4.78 is 5.64. The second-order valence-corrected chi connectivity index (χ2v) is 4.92. The number of hydrogen-bond donors (Lipinski definition) is 2. The molecule has 0 amide bonds.